The molecule has 0 radical (unpaired) electrons. The molecule has 0 aromatic heterocycles. The zero-order chi connectivity index (χ0) is 14.5. The second-order valence-corrected chi connectivity index (χ2v) is 8.10. The highest BCUT2D eigenvalue weighted by Gasteiger charge is 2.32. The predicted molar refractivity (Wildman–Crippen MR) is 94.1 cm³/mol. The van der Waals surface area contributed by atoms with Crippen LogP contribution in [0.5, 0.6) is 0 Å². The lowest BCUT2D eigenvalue weighted by Gasteiger charge is -2.37. The summed E-state index contributed by atoms with van der Waals surface area (Å²) in [6, 6.07) is 9.68. The summed E-state index contributed by atoms with van der Waals surface area (Å²) in [6.45, 7) is 1.19. The van der Waals surface area contributed by atoms with Gasteiger partial charge in [0.1, 0.15) is 0 Å². The first-order valence-corrected chi connectivity index (χ1v) is 9.92. The van der Waals surface area contributed by atoms with Crippen LogP contribution < -0.4 is 5.32 Å². The zero-order valence-electron chi connectivity index (χ0n) is 13.4. The van der Waals surface area contributed by atoms with Gasteiger partial charge in [-0.3, -0.25) is 0 Å². The Bertz CT molecular complexity index is 451. The molecule has 1 N–H and O–H groups in total. The van der Waals surface area contributed by atoms with Crippen LogP contribution in [0.3, 0.4) is 0 Å². The summed E-state index contributed by atoms with van der Waals surface area (Å²) in [6.07, 6.45) is 14.7. The third-order valence-electron chi connectivity index (χ3n) is 5.49. The van der Waals surface area contributed by atoms with Crippen LogP contribution in [0.2, 0.25) is 0 Å². The van der Waals surface area contributed by atoms with E-state index in [0.29, 0.717) is 10.8 Å². The fraction of sp³-hybridized carbons (Fsp3) is 0.684. The van der Waals surface area contributed by atoms with E-state index >= 15 is 0 Å². The van der Waals surface area contributed by atoms with Crippen molar-refractivity contribution in [2.75, 3.05) is 12.8 Å². The van der Waals surface area contributed by atoms with Gasteiger partial charge >= 0.3 is 0 Å². The van der Waals surface area contributed by atoms with Crippen molar-refractivity contribution in [1.29, 1.82) is 0 Å². The summed E-state index contributed by atoms with van der Waals surface area (Å²) in [5.41, 5.74) is 3.15. The van der Waals surface area contributed by atoms with Gasteiger partial charge in [-0.25, -0.2) is 0 Å². The van der Waals surface area contributed by atoms with E-state index in [9.17, 15) is 0 Å². The Labute approximate surface area is 134 Å². The molecule has 1 nitrogen and oxygen atoms in total. The van der Waals surface area contributed by atoms with Crippen molar-refractivity contribution in [3.8, 4) is 0 Å². The first kappa shape index (κ1) is 15.4. The number of nitrogens with one attached hydrogen (secondary N) is 1. The van der Waals surface area contributed by atoms with Crippen LogP contribution in [0.25, 0.3) is 0 Å². The summed E-state index contributed by atoms with van der Waals surface area (Å²) in [5.74, 6) is 0. The molecule has 2 aliphatic rings. The molecule has 1 atom stereocenters. The fourth-order valence-electron chi connectivity index (χ4n) is 4.09. The largest absolute Gasteiger partial charge is 0.309 e. The lowest BCUT2D eigenvalue weighted by atomic mass is 9.87. The third-order valence-corrected chi connectivity index (χ3v) is 6.91. The van der Waals surface area contributed by atoms with Crippen molar-refractivity contribution in [3.05, 3.63) is 35.4 Å². The van der Waals surface area contributed by atoms with Gasteiger partial charge in [-0.15, -0.1) is 0 Å². The molecule has 21 heavy (non-hydrogen) atoms. The second-order valence-electron chi connectivity index (χ2n) is 6.83. The van der Waals surface area contributed by atoms with Crippen LogP contribution in [0, 0.1) is 0 Å². The lowest BCUT2D eigenvalue weighted by Crippen LogP contribution is -2.40. The van der Waals surface area contributed by atoms with Gasteiger partial charge in [0.25, 0.3) is 0 Å². The Kier molecular flexibility index (Phi) is 5.29. The van der Waals surface area contributed by atoms with Gasteiger partial charge in [0.15, 0.2) is 0 Å². The Hall–Kier alpha value is -0.470. The highest BCUT2D eigenvalue weighted by Crippen LogP contribution is 2.39. The summed E-state index contributed by atoms with van der Waals surface area (Å²) in [5, 5.41) is 3.96. The van der Waals surface area contributed by atoms with Crippen LogP contribution in [-0.2, 0) is 6.42 Å². The maximum absolute atomic E-state index is 3.96. The molecule has 0 aliphatic heterocycles. The van der Waals surface area contributed by atoms with E-state index < -0.39 is 0 Å². The Morgan fingerprint density at radius 1 is 1.10 bits per heavy atom. The normalized spacial score (nSPS) is 25.1. The van der Waals surface area contributed by atoms with Crippen molar-refractivity contribution in [1.82, 2.24) is 5.32 Å². The number of hydrogen-bond donors (Lipinski definition) is 1. The SMILES string of the molecule is CSC1(CNC2CCCCc3ccccc32)CCCCC1. The van der Waals surface area contributed by atoms with Crippen molar-refractivity contribution in [3.63, 3.8) is 0 Å². The van der Waals surface area contributed by atoms with Crippen molar-refractivity contribution in [2.45, 2.75) is 68.6 Å². The molecule has 116 valence electrons. The monoisotopic (exact) mass is 303 g/mol. The fourth-order valence-corrected chi connectivity index (χ4v) is 5.02. The number of thioether (sulfide) groups is 1. The van der Waals surface area contributed by atoms with E-state index in [1.807, 2.05) is 0 Å². The van der Waals surface area contributed by atoms with E-state index in [2.05, 4.69) is 47.6 Å². The summed E-state index contributed by atoms with van der Waals surface area (Å²) >= 11 is 2.11. The van der Waals surface area contributed by atoms with Crippen LogP contribution in [0.1, 0.15) is 68.5 Å². The Balaban J connectivity index is 1.69. The average Bonchev–Trinajstić information content (AvgIpc) is 2.76. The first-order chi connectivity index (χ1) is 10.3. The first-order valence-electron chi connectivity index (χ1n) is 8.69. The van der Waals surface area contributed by atoms with E-state index in [0.717, 1.165) is 0 Å². The van der Waals surface area contributed by atoms with Crippen LogP contribution in [0.4, 0.5) is 0 Å². The maximum Gasteiger partial charge on any atom is 0.0323 e. The Morgan fingerprint density at radius 2 is 1.90 bits per heavy atom. The van der Waals surface area contributed by atoms with Crippen molar-refractivity contribution in [2.24, 2.45) is 0 Å². The van der Waals surface area contributed by atoms with Gasteiger partial charge in [-0.05, 0) is 49.5 Å². The van der Waals surface area contributed by atoms with Crippen molar-refractivity contribution < 1.29 is 0 Å². The summed E-state index contributed by atoms with van der Waals surface area (Å²) in [7, 11) is 0. The number of hydrogen-bond acceptors (Lipinski definition) is 2. The summed E-state index contributed by atoms with van der Waals surface area (Å²) < 4.78 is 0.500. The molecule has 0 spiro atoms. The van der Waals surface area contributed by atoms with Crippen LogP contribution in [0.15, 0.2) is 24.3 Å². The quantitative estimate of drug-likeness (QED) is 0.776. The Morgan fingerprint density at radius 3 is 2.71 bits per heavy atom. The molecule has 0 heterocycles. The topological polar surface area (TPSA) is 12.0 Å². The molecule has 1 fully saturated rings. The molecule has 0 saturated heterocycles. The lowest BCUT2D eigenvalue weighted by molar-refractivity contribution is 0.356. The molecule has 1 unspecified atom stereocenters. The van der Waals surface area contributed by atoms with Crippen LogP contribution >= 0.6 is 11.8 Å². The maximum atomic E-state index is 3.96. The van der Waals surface area contributed by atoms with Gasteiger partial charge in [-0.2, -0.15) is 11.8 Å². The number of benzene rings is 1. The highest BCUT2D eigenvalue weighted by atomic mass is 32.2. The van der Waals surface area contributed by atoms with Gasteiger partial charge in [0.2, 0.25) is 0 Å². The minimum atomic E-state index is 0.500. The minimum Gasteiger partial charge on any atom is -0.309 e. The second kappa shape index (κ2) is 7.19. The number of rotatable bonds is 4. The van der Waals surface area contributed by atoms with Gasteiger partial charge in [0.05, 0.1) is 0 Å². The molecule has 1 saturated carbocycles. The van der Waals surface area contributed by atoms with Gasteiger partial charge < -0.3 is 5.32 Å². The molecule has 0 amide bonds. The predicted octanol–water partition coefficient (Wildman–Crippen LogP) is 5.11. The van der Waals surface area contributed by atoms with Crippen molar-refractivity contribution >= 4 is 11.8 Å². The average molecular weight is 304 g/mol. The molecule has 2 heteroatoms. The van der Waals surface area contributed by atoms with Gasteiger partial charge in [-0.1, -0.05) is 49.9 Å². The molecule has 0 bridgehead atoms. The molecule has 3 rings (SSSR count). The molecule has 1 aromatic rings. The van der Waals surface area contributed by atoms with Gasteiger partial charge in [0, 0.05) is 17.3 Å². The molecule has 2 aliphatic carbocycles. The number of fused-ring (bicyclic) bond motifs is 1. The molecule has 1 aromatic carbocycles. The standard InChI is InChI=1S/C19H29NS/c1-21-19(13-7-2-8-14-19)15-20-18-12-6-4-10-16-9-3-5-11-17(16)18/h3,5,9,11,18,20H,2,4,6-8,10,12-15H2,1H3. The molecular formula is C19H29NS. The minimum absolute atomic E-state index is 0.500. The van der Waals surface area contributed by atoms with E-state index in [-0.39, 0.29) is 0 Å². The smallest absolute Gasteiger partial charge is 0.0323 e. The zero-order valence-corrected chi connectivity index (χ0v) is 14.2. The third kappa shape index (κ3) is 3.65. The van der Waals surface area contributed by atoms with E-state index in [1.54, 1.807) is 11.1 Å². The van der Waals surface area contributed by atoms with E-state index in [1.165, 1.54) is 64.3 Å². The van der Waals surface area contributed by atoms with E-state index in [4.69, 9.17) is 0 Å². The highest BCUT2D eigenvalue weighted by molar-refractivity contribution is 8.00. The number of aryl methyl sites for hydroxylation is 1. The molecular weight excluding hydrogens is 274 g/mol. The summed E-state index contributed by atoms with van der Waals surface area (Å²) in [4.78, 5) is 0. The van der Waals surface area contributed by atoms with Crippen LogP contribution in [-0.4, -0.2) is 17.5 Å².